The molecule has 1 aliphatic rings. The lowest BCUT2D eigenvalue weighted by Crippen LogP contribution is -2.46. The van der Waals surface area contributed by atoms with E-state index in [9.17, 15) is 4.79 Å². The molecule has 0 unspecified atom stereocenters. The molecule has 1 saturated carbocycles. The van der Waals surface area contributed by atoms with E-state index >= 15 is 0 Å². The number of nitrogens with two attached hydrogens (primary N) is 1. The molecule has 2 aromatic heterocycles. The zero-order valence-electron chi connectivity index (χ0n) is 16.4. The maximum Gasteiger partial charge on any atom is 0.338 e. The highest BCUT2D eigenvalue weighted by molar-refractivity contribution is 5.79. The number of esters is 1. The molecule has 1 fully saturated rings. The average molecular weight is 392 g/mol. The van der Waals surface area contributed by atoms with E-state index in [2.05, 4.69) is 10.1 Å². The molecule has 3 rings (SSSR count). The van der Waals surface area contributed by atoms with Crippen molar-refractivity contribution < 1.29 is 23.7 Å². The Morgan fingerprint density at radius 1 is 1.21 bits per heavy atom. The number of nitrogens with zero attached hydrogens (tertiary/aromatic N) is 3. The van der Waals surface area contributed by atoms with E-state index in [1.807, 2.05) is 12.1 Å². The number of methoxy groups -OCH3 is 2. The smallest absolute Gasteiger partial charge is 0.338 e. The molecule has 0 spiro atoms. The second-order valence-electron chi connectivity index (χ2n) is 6.95. The first-order chi connectivity index (χ1) is 13.6. The number of rotatable bonds is 9. The molecule has 9 nitrogen and oxygen atoms in total. The second-order valence-corrected chi connectivity index (χ2v) is 6.95. The van der Waals surface area contributed by atoms with E-state index in [1.165, 1.54) is 0 Å². The van der Waals surface area contributed by atoms with Crippen LogP contribution in [-0.2, 0) is 23.7 Å². The summed E-state index contributed by atoms with van der Waals surface area (Å²) in [5.41, 5.74) is 6.79. The van der Waals surface area contributed by atoms with Gasteiger partial charge in [0, 0.05) is 38.0 Å². The van der Waals surface area contributed by atoms with Crippen molar-refractivity contribution in [2.45, 2.75) is 37.2 Å². The molecular formula is C19H28N4O5. The highest BCUT2D eigenvalue weighted by Crippen LogP contribution is 2.40. The van der Waals surface area contributed by atoms with Crippen molar-refractivity contribution in [3.8, 4) is 0 Å². The van der Waals surface area contributed by atoms with Gasteiger partial charge in [-0.3, -0.25) is 0 Å². The Morgan fingerprint density at radius 2 is 1.93 bits per heavy atom. The molecule has 0 amide bonds. The van der Waals surface area contributed by atoms with Gasteiger partial charge in [-0.1, -0.05) is 0 Å². The third-order valence-electron chi connectivity index (χ3n) is 5.18. The van der Waals surface area contributed by atoms with Gasteiger partial charge in [0.15, 0.2) is 11.2 Å². The number of carbonyl (C=O) groups is 1. The van der Waals surface area contributed by atoms with Crippen molar-refractivity contribution >= 4 is 17.4 Å². The van der Waals surface area contributed by atoms with Crippen LogP contribution >= 0.6 is 0 Å². The third kappa shape index (κ3) is 4.43. The fourth-order valence-corrected chi connectivity index (χ4v) is 3.62. The quantitative estimate of drug-likeness (QED) is 0.506. The summed E-state index contributed by atoms with van der Waals surface area (Å²) in [7, 11) is 3.17. The van der Waals surface area contributed by atoms with Crippen LogP contribution in [0.2, 0.25) is 0 Å². The minimum Gasteiger partial charge on any atom is -0.461 e. The van der Waals surface area contributed by atoms with E-state index in [0.717, 1.165) is 24.2 Å². The Bertz CT molecular complexity index is 786. The molecular weight excluding hydrogens is 364 g/mol. The van der Waals surface area contributed by atoms with E-state index in [1.54, 1.807) is 24.9 Å². The number of carbonyl (C=O) groups excluding carboxylic acids is 1. The number of fused-ring (bicyclic) bond motifs is 1. The molecule has 1 aliphatic carbocycles. The normalized spacial score (nSPS) is 22.4. The lowest BCUT2D eigenvalue weighted by Gasteiger charge is -2.37. The predicted octanol–water partition coefficient (Wildman–Crippen LogP) is 1.56. The van der Waals surface area contributed by atoms with Crippen LogP contribution in [0.5, 0.6) is 0 Å². The highest BCUT2D eigenvalue weighted by Gasteiger charge is 2.45. The van der Waals surface area contributed by atoms with Gasteiger partial charge in [0.05, 0.1) is 26.0 Å². The Balaban J connectivity index is 1.70. The van der Waals surface area contributed by atoms with Gasteiger partial charge >= 0.3 is 5.97 Å². The fraction of sp³-hybridized carbons (Fsp3) is 0.632. The SMILES string of the molecule is COCCOC(=O)C1(OCCOC)CCC(c2cc(N)n3nccc3n2)CC1. The minimum absolute atomic E-state index is 0.202. The zero-order chi connectivity index (χ0) is 20.0. The molecule has 0 saturated heterocycles. The molecule has 2 aromatic rings. The van der Waals surface area contributed by atoms with Gasteiger partial charge in [-0.25, -0.2) is 9.78 Å². The third-order valence-corrected chi connectivity index (χ3v) is 5.18. The summed E-state index contributed by atoms with van der Waals surface area (Å²) in [6, 6.07) is 3.69. The molecule has 0 aromatic carbocycles. The van der Waals surface area contributed by atoms with Crippen molar-refractivity contribution in [1.29, 1.82) is 0 Å². The standard InChI is InChI=1S/C19H28N4O5/c1-25-9-11-27-18(24)19(28-12-10-26-2)6-3-14(4-7-19)15-13-16(20)23-17(22-15)5-8-21-23/h5,8,13-14H,3-4,6-7,9-12,20H2,1-2H3. The van der Waals surface area contributed by atoms with Crippen molar-refractivity contribution in [1.82, 2.24) is 14.6 Å². The maximum atomic E-state index is 12.7. The largest absolute Gasteiger partial charge is 0.461 e. The van der Waals surface area contributed by atoms with Gasteiger partial charge in [0.2, 0.25) is 0 Å². The summed E-state index contributed by atoms with van der Waals surface area (Å²) in [4.78, 5) is 17.4. The van der Waals surface area contributed by atoms with Crippen LogP contribution in [0.15, 0.2) is 18.3 Å². The monoisotopic (exact) mass is 392 g/mol. The van der Waals surface area contributed by atoms with Crippen LogP contribution in [0.4, 0.5) is 5.82 Å². The Morgan fingerprint density at radius 3 is 2.64 bits per heavy atom. The fourth-order valence-electron chi connectivity index (χ4n) is 3.62. The van der Waals surface area contributed by atoms with E-state index < -0.39 is 5.60 Å². The van der Waals surface area contributed by atoms with E-state index in [0.29, 0.717) is 38.5 Å². The van der Waals surface area contributed by atoms with Gasteiger partial charge in [-0.15, -0.1) is 0 Å². The first-order valence-corrected chi connectivity index (χ1v) is 9.49. The lowest BCUT2D eigenvalue weighted by atomic mass is 9.77. The number of ether oxygens (including phenoxy) is 4. The minimum atomic E-state index is -0.949. The van der Waals surface area contributed by atoms with Crippen LogP contribution in [-0.4, -0.2) is 66.8 Å². The van der Waals surface area contributed by atoms with Crippen LogP contribution in [0.3, 0.4) is 0 Å². The first kappa shape index (κ1) is 20.5. The summed E-state index contributed by atoms with van der Waals surface area (Å²) in [6.45, 7) is 1.33. The zero-order valence-corrected chi connectivity index (χ0v) is 16.4. The number of hydrogen-bond donors (Lipinski definition) is 1. The molecule has 2 heterocycles. The number of hydrogen-bond acceptors (Lipinski definition) is 8. The number of nitrogen functional groups attached to an aromatic ring is 1. The topological polar surface area (TPSA) is 110 Å². The Kier molecular flexibility index (Phi) is 6.82. The van der Waals surface area contributed by atoms with Crippen molar-refractivity contribution in [3.05, 3.63) is 24.0 Å². The molecule has 0 atom stereocenters. The molecule has 0 bridgehead atoms. The first-order valence-electron chi connectivity index (χ1n) is 9.49. The van der Waals surface area contributed by atoms with E-state index in [-0.39, 0.29) is 18.5 Å². The lowest BCUT2D eigenvalue weighted by molar-refractivity contribution is -0.180. The van der Waals surface area contributed by atoms with Gasteiger partial charge in [-0.05, 0) is 25.7 Å². The van der Waals surface area contributed by atoms with E-state index in [4.69, 9.17) is 24.7 Å². The van der Waals surface area contributed by atoms with Crippen molar-refractivity contribution in [2.24, 2.45) is 0 Å². The molecule has 2 N–H and O–H groups in total. The predicted molar refractivity (Wildman–Crippen MR) is 102 cm³/mol. The molecule has 28 heavy (non-hydrogen) atoms. The van der Waals surface area contributed by atoms with Crippen LogP contribution < -0.4 is 5.73 Å². The van der Waals surface area contributed by atoms with Gasteiger partial charge < -0.3 is 24.7 Å². The van der Waals surface area contributed by atoms with Crippen LogP contribution in [0, 0.1) is 0 Å². The van der Waals surface area contributed by atoms with Gasteiger partial charge in [-0.2, -0.15) is 9.61 Å². The summed E-state index contributed by atoms with van der Waals surface area (Å²) in [5, 5.41) is 4.15. The van der Waals surface area contributed by atoms with Crippen molar-refractivity contribution in [2.75, 3.05) is 46.4 Å². The summed E-state index contributed by atoms with van der Waals surface area (Å²) >= 11 is 0. The summed E-state index contributed by atoms with van der Waals surface area (Å²) < 4.78 is 23.0. The molecule has 154 valence electrons. The van der Waals surface area contributed by atoms with Crippen molar-refractivity contribution in [3.63, 3.8) is 0 Å². The Hall–Kier alpha value is -2.23. The summed E-state index contributed by atoms with van der Waals surface area (Å²) in [5.74, 6) is 0.420. The summed E-state index contributed by atoms with van der Waals surface area (Å²) in [6.07, 6.45) is 4.29. The number of anilines is 1. The van der Waals surface area contributed by atoms with Crippen LogP contribution in [0.1, 0.15) is 37.3 Å². The number of aromatic nitrogens is 3. The molecule has 9 heteroatoms. The Labute approximate surface area is 164 Å². The van der Waals surface area contributed by atoms with Crippen LogP contribution in [0.25, 0.3) is 5.65 Å². The van der Waals surface area contributed by atoms with Gasteiger partial charge in [0.1, 0.15) is 12.4 Å². The second kappa shape index (κ2) is 9.31. The average Bonchev–Trinajstić information content (AvgIpc) is 3.18. The molecule has 0 aliphatic heterocycles. The highest BCUT2D eigenvalue weighted by atomic mass is 16.6. The molecule has 0 radical (unpaired) electrons. The maximum absolute atomic E-state index is 12.7. The van der Waals surface area contributed by atoms with Gasteiger partial charge in [0.25, 0.3) is 0 Å².